The van der Waals surface area contributed by atoms with E-state index in [1.54, 1.807) is 6.20 Å². The van der Waals surface area contributed by atoms with Crippen molar-refractivity contribution in [2.24, 2.45) is 7.05 Å². The highest BCUT2D eigenvalue weighted by Gasteiger charge is 2.15. The first-order valence-corrected chi connectivity index (χ1v) is 6.72. The summed E-state index contributed by atoms with van der Waals surface area (Å²) in [4.78, 5) is 12.5. The molecule has 0 fully saturated rings. The molecule has 102 valence electrons. The molecule has 0 bridgehead atoms. The highest BCUT2D eigenvalue weighted by Crippen LogP contribution is 2.25. The van der Waals surface area contributed by atoms with Gasteiger partial charge < -0.3 is 4.57 Å². The standard InChI is InChI=1S/C15H14ClN3O/c1-10-13-12(14(16)18(10)2)8-17-19(15(13)20)9-11-6-4-3-5-7-11/h3-8H,9H2,1-2H3. The van der Waals surface area contributed by atoms with Crippen LogP contribution < -0.4 is 5.56 Å². The van der Waals surface area contributed by atoms with Crippen LogP contribution in [-0.4, -0.2) is 14.3 Å². The number of aryl methyl sites for hydroxylation is 1. The summed E-state index contributed by atoms with van der Waals surface area (Å²) in [5.74, 6) is 0. The van der Waals surface area contributed by atoms with Crippen LogP contribution in [0.3, 0.4) is 0 Å². The maximum absolute atomic E-state index is 12.5. The summed E-state index contributed by atoms with van der Waals surface area (Å²) in [5.41, 5.74) is 1.80. The third-order valence-corrected chi connectivity index (χ3v) is 4.06. The molecular formula is C15H14ClN3O. The van der Waals surface area contributed by atoms with Crippen molar-refractivity contribution in [1.29, 1.82) is 0 Å². The molecule has 0 atom stereocenters. The number of aromatic nitrogens is 3. The van der Waals surface area contributed by atoms with Gasteiger partial charge in [0.25, 0.3) is 5.56 Å². The highest BCUT2D eigenvalue weighted by molar-refractivity contribution is 6.34. The van der Waals surface area contributed by atoms with E-state index in [-0.39, 0.29) is 5.56 Å². The molecule has 3 aromatic rings. The monoisotopic (exact) mass is 287 g/mol. The Kier molecular flexibility index (Phi) is 3.10. The summed E-state index contributed by atoms with van der Waals surface area (Å²) in [7, 11) is 1.85. The van der Waals surface area contributed by atoms with Crippen molar-refractivity contribution in [3.05, 3.63) is 63.3 Å². The van der Waals surface area contributed by atoms with Crippen LogP contribution in [0.4, 0.5) is 0 Å². The van der Waals surface area contributed by atoms with Gasteiger partial charge in [-0.05, 0) is 12.5 Å². The van der Waals surface area contributed by atoms with Gasteiger partial charge >= 0.3 is 0 Å². The Morgan fingerprint density at radius 2 is 1.95 bits per heavy atom. The molecule has 1 aromatic carbocycles. The molecule has 4 nitrogen and oxygen atoms in total. The Bertz CT molecular complexity index is 834. The lowest BCUT2D eigenvalue weighted by molar-refractivity contribution is 0.647. The molecule has 0 aliphatic carbocycles. The van der Waals surface area contributed by atoms with E-state index in [4.69, 9.17) is 11.6 Å². The average Bonchev–Trinajstić information content (AvgIpc) is 2.68. The van der Waals surface area contributed by atoms with E-state index in [1.807, 2.05) is 48.9 Å². The van der Waals surface area contributed by atoms with Gasteiger partial charge in [-0.1, -0.05) is 41.9 Å². The van der Waals surface area contributed by atoms with Crippen LogP contribution >= 0.6 is 11.6 Å². The molecule has 0 radical (unpaired) electrons. The van der Waals surface area contributed by atoms with E-state index in [0.717, 1.165) is 11.3 Å². The lowest BCUT2D eigenvalue weighted by Gasteiger charge is -2.04. The van der Waals surface area contributed by atoms with Crippen molar-refractivity contribution in [2.45, 2.75) is 13.5 Å². The third kappa shape index (κ3) is 1.93. The summed E-state index contributed by atoms with van der Waals surface area (Å²) in [5, 5.41) is 6.12. The number of nitrogens with zero attached hydrogens (tertiary/aromatic N) is 3. The first-order valence-electron chi connectivity index (χ1n) is 6.34. The summed E-state index contributed by atoms with van der Waals surface area (Å²) in [6, 6.07) is 9.80. The number of hydrogen-bond donors (Lipinski definition) is 0. The fraction of sp³-hybridized carbons (Fsp3) is 0.200. The average molecular weight is 288 g/mol. The van der Waals surface area contributed by atoms with Crippen molar-refractivity contribution in [1.82, 2.24) is 14.3 Å². The highest BCUT2D eigenvalue weighted by atomic mass is 35.5. The van der Waals surface area contributed by atoms with Crippen molar-refractivity contribution >= 4 is 22.4 Å². The minimum absolute atomic E-state index is 0.105. The normalized spacial score (nSPS) is 11.2. The van der Waals surface area contributed by atoms with E-state index in [1.165, 1.54) is 4.68 Å². The van der Waals surface area contributed by atoms with Crippen molar-refractivity contribution in [2.75, 3.05) is 0 Å². The molecule has 5 heteroatoms. The van der Waals surface area contributed by atoms with Crippen LogP contribution in [0, 0.1) is 6.92 Å². The summed E-state index contributed by atoms with van der Waals surface area (Å²) < 4.78 is 3.28. The zero-order chi connectivity index (χ0) is 14.3. The SMILES string of the molecule is Cc1c2c(=O)n(Cc3ccccc3)ncc2c(Cl)n1C. The maximum atomic E-state index is 12.5. The van der Waals surface area contributed by atoms with Gasteiger partial charge in [-0.15, -0.1) is 0 Å². The predicted molar refractivity (Wildman–Crippen MR) is 80.3 cm³/mol. The van der Waals surface area contributed by atoms with Crippen LogP contribution in [0.5, 0.6) is 0 Å². The minimum atomic E-state index is -0.105. The quantitative estimate of drug-likeness (QED) is 0.727. The number of hydrogen-bond acceptors (Lipinski definition) is 2. The molecular weight excluding hydrogens is 274 g/mol. The zero-order valence-electron chi connectivity index (χ0n) is 11.3. The molecule has 3 rings (SSSR count). The molecule has 0 unspecified atom stereocenters. The van der Waals surface area contributed by atoms with Gasteiger partial charge in [-0.25, -0.2) is 4.68 Å². The van der Waals surface area contributed by atoms with Gasteiger partial charge in [0.2, 0.25) is 0 Å². The Morgan fingerprint density at radius 3 is 2.65 bits per heavy atom. The lowest BCUT2D eigenvalue weighted by Crippen LogP contribution is -2.23. The van der Waals surface area contributed by atoms with Gasteiger partial charge in [0, 0.05) is 18.1 Å². The van der Waals surface area contributed by atoms with Gasteiger partial charge in [-0.2, -0.15) is 5.10 Å². The van der Waals surface area contributed by atoms with E-state index >= 15 is 0 Å². The van der Waals surface area contributed by atoms with E-state index in [2.05, 4.69) is 5.10 Å². The molecule has 0 N–H and O–H groups in total. The van der Waals surface area contributed by atoms with Crippen LogP contribution in [0.15, 0.2) is 41.3 Å². The second kappa shape index (κ2) is 4.80. The van der Waals surface area contributed by atoms with Crippen LogP contribution in [0.1, 0.15) is 11.3 Å². The van der Waals surface area contributed by atoms with Crippen LogP contribution in [0.2, 0.25) is 5.15 Å². The Hall–Kier alpha value is -2.07. The zero-order valence-corrected chi connectivity index (χ0v) is 12.1. The molecule has 0 amide bonds. The summed E-state index contributed by atoms with van der Waals surface area (Å²) in [6.07, 6.45) is 1.66. The van der Waals surface area contributed by atoms with E-state index in [0.29, 0.717) is 22.5 Å². The molecule has 0 aliphatic heterocycles. The van der Waals surface area contributed by atoms with Crippen molar-refractivity contribution < 1.29 is 0 Å². The molecule has 0 spiro atoms. The first-order chi connectivity index (χ1) is 9.59. The van der Waals surface area contributed by atoms with E-state index in [9.17, 15) is 4.79 Å². The molecule has 0 saturated carbocycles. The van der Waals surface area contributed by atoms with Gasteiger partial charge in [-0.3, -0.25) is 4.79 Å². The number of benzene rings is 1. The molecule has 0 aliphatic rings. The third-order valence-electron chi connectivity index (χ3n) is 3.60. The lowest BCUT2D eigenvalue weighted by atomic mass is 10.2. The number of rotatable bonds is 2. The first kappa shape index (κ1) is 12.9. The fourth-order valence-corrected chi connectivity index (χ4v) is 2.63. The maximum Gasteiger partial charge on any atom is 0.276 e. The Balaban J connectivity index is 2.17. The summed E-state index contributed by atoms with van der Waals surface area (Å²) in [6.45, 7) is 2.35. The smallest absolute Gasteiger partial charge is 0.276 e. The number of fused-ring (bicyclic) bond motifs is 1. The van der Waals surface area contributed by atoms with Crippen LogP contribution in [-0.2, 0) is 13.6 Å². The van der Waals surface area contributed by atoms with Gasteiger partial charge in [0.15, 0.2) is 0 Å². The topological polar surface area (TPSA) is 39.8 Å². The second-order valence-corrected chi connectivity index (χ2v) is 5.17. The number of halogens is 1. The van der Waals surface area contributed by atoms with Gasteiger partial charge in [0.05, 0.1) is 18.1 Å². The summed E-state index contributed by atoms with van der Waals surface area (Å²) >= 11 is 6.21. The largest absolute Gasteiger partial charge is 0.338 e. The van der Waals surface area contributed by atoms with Crippen molar-refractivity contribution in [3.8, 4) is 0 Å². The second-order valence-electron chi connectivity index (χ2n) is 4.82. The predicted octanol–water partition coefficient (Wildman–Crippen LogP) is 2.75. The van der Waals surface area contributed by atoms with Crippen LogP contribution in [0.25, 0.3) is 10.8 Å². The Morgan fingerprint density at radius 1 is 1.25 bits per heavy atom. The molecule has 2 aromatic heterocycles. The van der Waals surface area contributed by atoms with Gasteiger partial charge in [0.1, 0.15) is 5.15 Å². The van der Waals surface area contributed by atoms with E-state index < -0.39 is 0 Å². The minimum Gasteiger partial charge on any atom is -0.338 e. The molecule has 20 heavy (non-hydrogen) atoms. The fourth-order valence-electron chi connectivity index (χ4n) is 2.36. The van der Waals surface area contributed by atoms with Crippen molar-refractivity contribution in [3.63, 3.8) is 0 Å². The Labute approximate surface area is 121 Å². The molecule has 0 saturated heterocycles. The molecule has 2 heterocycles.